The molecule has 0 aliphatic carbocycles. The van der Waals surface area contributed by atoms with Gasteiger partial charge in [0.25, 0.3) is 0 Å². The van der Waals surface area contributed by atoms with Crippen molar-refractivity contribution in [3.05, 3.63) is 29.8 Å². The molecule has 0 aliphatic rings. The molecule has 0 fully saturated rings. The molecule has 190 valence electrons. The van der Waals surface area contributed by atoms with Crippen LogP contribution in [0.1, 0.15) is 31.2 Å². The minimum Gasteiger partial charge on any atom is -0.508 e. The van der Waals surface area contributed by atoms with E-state index >= 15 is 0 Å². The molecule has 0 spiro atoms. The van der Waals surface area contributed by atoms with Crippen LogP contribution in [-0.4, -0.2) is 77.1 Å². The SMILES string of the molecule is CSCCC(NC(=O)C(CCCCN)NC(=O)C(N)Cc1ccc(O)cc1)C(=O)NCC(=O)O. The van der Waals surface area contributed by atoms with Crippen molar-refractivity contribution in [1.82, 2.24) is 16.0 Å². The topological polar surface area (TPSA) is 197 Å². The van der Waals surface area contributed by atoms with Gasteiger partial charge in [-0.3, -0.25) is 19.2 Å². The van der Waals surface area contributed by atoms with Crippen molar-refractivity contribution >= 4 is 35.5 Å². The number of aliphatic carboxylic acids is 1. The monoisotopic (exact) mass is 497 g/mol. The van der Waals surface area contributed by atoms with Crippen LogP contribution in [-0.2, 0) is 25.6 Å². The third-order valence-corrected chi connectivity index (χ3v) is 5.61. The number of carboxylic acids is 1. The fourth-order valence-electron chi connectivity index (χ4n) is 3.08. The molecule has 12 heteroatoms. The van der Waals surface area contributed by atoms with E-state index in [0.29, 0.717) is 38.0 Å². The number of thioether (sulfide) groups is 1. The van der Waals surface area contributed by atoms with Crippen molar-refractivity contribution < 1.29 is 29.4 Å². The number of phenols is 1. The van der Waals surface area contributed by atoms with Crippen LogP contribution in [0.2, 0.25) is 0 Å². The Hall–Kier alpha value is -2.83. The minimum absolute atomic E-state index is 0.0989. The van der Waals surface area contributed by atoms with E-state index in [1.807, 2.05) is 6.26 Å². The molecule has 0 saturated heterocycles. The van der Waals surface area contributed by atoms with E-state index in [1.165, 1.54) is 23.9 Å². The second kappa shape index (κ2) is 15.9. The first kappa shape index (κ1) is 29.2. The maximum Gasteiger partial charge on any atom is 0.322 e. The van der Waals surface area contributed by atoms with Crippen LogP contribution in [0.4, 0.5) is 0 Å². The summed E-state index contributed by atoms with van der Waals surface area (Å²) in [6.45, 7) is -0.135. The first-order valence-electron chi connectivity index (χ1n) is 11.0. The van der Waals surface area contributed by atoms with Crippen molar-refractivity contribution in [2.75, 3.05) is 25.1 Å². The van der Waals surface area contributed by atoms with Gasteiger partial charge in [0, 0.05) is 0 Å². The van der Waals surface area contributed by atoms with Crippen LogP contribution >= 0.6 is 11.8 Å². The van der Waals surface area contributed by atoms with Crippen LogP contribution in [0.25, 0.3) is 0 Å². The largest absolute Gasteiger partial charge is 0.508 e. The molecule has 1 aromatic carbocycles. The predicted octanol–water partition coefficient (Wildman–Crippen LogP) is -0.685. The number of unbranched alkanes of at least 4 members (excludes halogenated alkanes) is 1. The van der Waals surface area contributed by atoms with E-state index in [4.69, 9.17) is 16.6 Å². The van der Waals surface area contributed by atoms with Crippen molar-refractivity contribution in [2.24, 2.45) is 11.5 Å². The summed E-state index contributed by atoms with van der Waals surface area (Å²) in [5, 5.41) is 25.7. The molecule has 0 aromatic heterocycles. The number of aromatic hydroxyl groups is 1. The highest BCUT2D eigenvalue weighted by Crippen LogP contribution is 2.11. The molecule has 1 rings (SSSR count). The second-order valence-corrected chi connectivity index (χ2v) is 8.76. The summed E-state index contributed by atoms with van der Waals surface area (Å²) in [4.78, 5) is 48.8. The normalized spacial score (nSPS) is 13.4. The number of carbonyl (C=O) groups is 4. The van der Waals surface area contributed by atoms with Crippen molar-refractivity contribution in [3.63, 3.8) is 0 Å². The summed E-state index contributed by atoms with van der Waals surface area (Å²) >= 11 is 1.48. The zero-order chi connectivity index (χ0) is 25.5. The Labute approximate surface area is 203 Å². The van der Waals surface area contributed by atoms with Gasteiger partial charge in [0.05, 0.1) is 6.04 Å². The second-order valence-electron chi connectivity index (χ2n) is 7.78. The van der Waals surface area contributed by atoms with E-state index in [-0.39, 0.29) is 12.2 Å². The van der Waals surface area contributed by atoms with Crippen LogP contribution < -0.4 is 27.4 Å². The lowest BCUT2D eigenvalue weighted by Gasteiger charge is -2.24. The van der Waals surface area contributed by atoms with Gasteiger partial charge in [-0.15, -0.1) is 0 Å². The molecular weight excluding hydrogens is 462 g/mol. The molecule has 9 N–H and O–H groups in total. The number of carbonyl (C=O) groups excluding carboxylic acids is 3. The summed E-state index contributed by atoms with van der Waals surface area (Å²) < 4.78 is 0. The molecule has 3 unspecified atom stereocenters. The van der Waals surface area contributed by atoms with Gasteiger partial charge >= 0.3 is 5.97 Å². The molecule has 3 amide bonds. The first-order valence-corrected chi connectivity index (χ1v) is 12.4. The molecule has 3 atom stereocenters. The van der Waals surface area contributed by atoms with Crippen LogP contribution in [0.3, 0.4) is 0 Å². The van der Waals surface area contributed by atoms with Gasteiger partial charge in [-0.2, -0.15) is 11.8 Å². The molecule has 0 heterocycles. The Morgan fingerprint density at radius 1 is 0.971 bits per heavy atom. The maximum absolute atomic E-state index is 13.0. The Balaban J connectivity index is 2.85. The third-order valence-electron chi connectivity index (χ3n) is 4.97. The van der Waals surface area contributed by atoms with Crippen molar-refractivity contribution in [1.29, 1.82) is 0 Å². The Bertz CT molecular complexity index is 807. The lowest BCUT2D eigenvalue weighted by molar-refractivity contribution is -0.138. The van der Waals surface area contributed by atoms with Crippen LogP contribution in [0, 0.1) is 0 Å². The van der Waals surface area contributed by atoms with Gasteiger partial charge in [0.1, 0.15) is 24.4 Å². The third kappa shape index (κ3) is 11.3. The van der Waals surface area contributed by atoms with Gasteiger partial charge < -0.3 is 37.6 Å². The van der Waals surface area contributed by atoms with Gasteiger partial charge in [-0.1, -0.05) is 12.1 Å². The number of benzene rings is 1. The summed E-state index contributed by atoms with van der Waals surface area (Å²) in [6, 6.07) is 3.48. The van der Waals surface area contributed by atoms with Crippen LogP contribution in [0.15, 0.2) is 24.3 Å². The van der Waals surface area contributed by atoms with E-state index < -0.39 is 48.4 Å². The zero-order valence-electron chi connectivity index (χ0n) is 19.3. The van der Waals surface area contributed by atoms with Crippen molar-refractivity contribution in [2.45, 2.75) is 50.2 Å². The number of amides is 3. The lowest BCUT2D eigenvalue weighted by Crippen LogP contribution is -2.56. The lowest BCUT2D eigenvalue weighted by atomic mass is 10.0. The predicted molar refractivity (Wildman–Crippen MR) is 130 cm³/mol. The molecule has 34 heavy (non-hydrogen) atoms. The number of rotatable bonds is 16. The summed E-state index contributed by atoms with van der Waals surface area (Å²) in [7, 11) is 0. The quantitative estimate of drug-likeness (QED) is 0.145. The standard InChI is InChI=1S/C22H35N5O6S/c1-34-11-9-18(21(32)25-13-19(29)30)27-22(33)17(4-2-3-10-23)26-20(31)16(24)12-14-5-7-15(28)8-6-14/h5-8,16-18,28H,2-4,9-13,23-24H2,1H3,(H,25,32)(H,26,31)(H,27,33)(H,29,30). The van der Waals surface area contributed by atoms with Crippen molar-refractivity contribution in [3.8, 4) is 5.75 Å². The van der Waals surface area contributed by atoms with Gasteiger partial charge in [0.2, 0.25) is 17.7 Å². The number of hydrogen-bond donors (Lipinski definition) is 7. The minimum atomic E-state index is -1.20. The summed E-state index contributed by atoms with van der Waals surface area (Å²) in [6.07, 6.45) is 3.86. The Morgan fingerprint density at radius 3 is 2.18 bits per heavy atom. The van der Waals surface area contributed by atoms with Crippen LogP contribution in [0.5, 0.6) is 5.75 Å². The fraction of sp³-hybridized carbons (Fsp3) is 0.545. The molecular formula is C22H35N5O6S. The van der Waals surface area contributed by atoms with Gasteiger partial charge in [-0.25, -0.2) is 0 Å². The van der Waals surface area contributed by atoms with E-state index in [9.17, 15) is 24.3 Å². The molecule has 0 aliphatic heterocycles. The highest BCUT2D eigenvalue weighted by atomic mass is 32.2. The van der Waals surface area contributed by atoms with E-state index in [2.05, 4.69) is 16.0 Å². The smallest absolute Gasteiger partial charge is 0.322 e. The number of phenolic OH excluding ortho intramolecular Hbond substituents is 1. The van der Waals surface area contributed by atoms with Gasteiger partial charge in [0.15, 0.2) is 0 Å². The van der Waals surface area contributed by atoms with E-state index in [1.54, 1.807) is 12.1 Å². The molecule has 1 aromatic rings. The Kier molecular flexibility index (Phi) is 13.7. The maximum atomic E-state index is 13.0. The molecule has 0 saturated carbocycles. The molecule has 11 nitrogen and oxygen atoms in total. The zero-order valence-corrected chi connectivity index (χ0v) is 20.1. The van der Waals surface area contributed by atoms with E-state index in [0.717, 1.165) is 5.56 Å². The number of carboxylic acid groups (broad SMARTS) is 1. The number of nitrogens with two attached hydrogens (primary N) is 2. The highest BCUT2D eigenvalue weighted by molar-refractivity contribution is 7.98. The first-order chi connectivity index (χ1) is 16.2. The Morgan fingerprint density at radius 2 is 1.59 bits per heavy atom. The number of hydrogen-bond acceptors (Lipinski definition) is 8. The highest BCUT2D eigenvalue weighted by Gasteiger charge is 2.28. The summed E-state index contributed by atoms with van der Waals surface area (Å²) in [5.74, 6) is -2.23. The van der Waals surface area contributed by atoms with Gasteiger partial charge in [-0.05, 0) is 68.4 Å². The molecule has 0 radical (unpaired) electrons. The fourth-order valence-corrected chi connectivity index (χ4v) is 3.55. The summed E-state index contributed by atoms with van der Waals surface area (Å²) in [5.41, 5.74) is 12.3. The molecule has 0 bridgehead atoms. The average Bonchev–Trinajstić information content (AvgIpc) is 2.80. The average molecular weight is 498 g/mol. The number of nitrogens with one attached hydrogen (secondary N) is 3.